The van der Waals surface area contributed by atoms with E-state index < -0.39 is 0 Å². The number of hydrogen-bond acceptors (Lipinski definition) is 2. The Morgan fingerprint density at radius 2 is 1.65 bits per heavy atom. The van der Waals surface area contributed by atoms with Gasteiger partial charge in [0.05, 0.1) is 5.69 Å². The molecule has 0 spiro atoms. The van der Waals surface area contributed by atoms with Gasteiger partial charge < -0.3 is 0 Å². The summed E-state index contributed by atoms with van der Waals surface area (Å²) in [4.78, 5) is 0. The first-order valence-electron chi connectivity index (χ1n) is 5.37. The van der Waals surface area contributed by atoms with Crippen LogP contribution in [0.5, 0.6) is 0 Å². The number of nitrogens with zero attached hydrogens (tertiary/aromatic N) is 2. The second-order valence-corrected chi connectivity index (χ2v) is 4.93. The molecule has 4 heteroatoms. The molecule has 0 bridgehead atoms. The van der Waals surface area contributed by atoms with Gasteiger partial charge in [0.2, 0.25) is 0 Å². The maximum absolute atomic E-state index is 6.07. The quantitative estimate of drug-likeness (QED) is 0.796. The molecule has 0 saturated carbocycles. The van der Waals surface area contributed by atoms with Gasteiger partial charge in [-0.15, -0.1) is 5.10 Å². The van der Waals surface area contributed by atoms with E-state index in [1.807, 2.05) is 30.3 Å². The Morgan fingerprint density at radius 3 is 2.24 bits per heavy atom. The SMILES string of the molecule is CC(C)c1cc(-c2ccc(Cl)cc2)c(Cl)nn1. The minimum absolute atomic E-state index is 0.325. The van der Waals surface area contributed by atoms with Crippen LogP contribution in [0.3, 0.4) is 0 Å². The van der Waals surface area contributed by atoms with Gasteiger partial charge in [-0.3, -0.25) is 0 Å². The standard InChI is InChI=1S/C13H12Cl2N2/c1-8(2)12-7-11(13(15)17-16-12)9-3-5-10(14)6-4-9/h3-8H,1-2H3. The third kappa shape index (κ3) is 2.76. The minimum atomic E-state index is 0.325. The lowest BCUT2D eigenvalue weighted by Crippen LogP contribution is -1.97. The van der Waals surface area contributed by atoms with Gasteiger partial charge in [-0.2, -0.15) is 5.10 Å². The average Bonchev–Trinajstić information content (AvgIpc) is 2.31. The summed E-state index contributed by atoms with van der Waals surface area (Å²) in [7, 11) is 0. The number of hydrogen-bond donors (Lipinski definition) is 0. The van der Waals surface area contributed by atoms with E-state index in [2.05, 4.69) is 24.0 Å². The minimum Gasteiger partial charge on any atom is -0.154 e. The molecule has 0 aliphatic heterocycles. The fraction of sp³-hybridized carbons (Fsp3) is 0.231. The first kappa shape index (κ1) is 12.3. The van der Waals surface area contributed by atoms with Gasteiger partial charge in [0, 0.05) is 10.6 Å². The van der Waals surface area contributed by atoms with E-state index in [1.165, 1.54) is 0 Å². The van der Waals surface area contributed by atoms with Crippen LogP contribution in [0.15, 0.2) is 30.3 Å². The van der Waals surface area contributed by atoms with E-state index in [1.54, 1.807) is 0 Å². The molecule has 2 aromatic rings. The van der Waals surface area contributed by atoms with Crippen LogP contribution >= 0.6 is 23.2 Å². The predicted octanol–water partition coefficient (Wildman–Crippen LogP) is 4.57. The van der Waals surface area contributed by atoms with Crippen LogP contribution in [0.4, 0.5) is 0 Å². The van der Waals surface area contributed by atoms with Gasteiger partial charge in [0.15, 0.2) is 5.15 Å². The van der Waals surface area contributed by atoms with Crippen molar-refractivity contribution in [3.63, 3.8) is 0 Å². The second-order valence-electron chi connectivity index (χ2n) is 4.14. The first-order chi connectivity index (χ1) is 8.08. The maximum atomic E-state index is 6.07. The van der Waals surface area contributed by atoms with Crippen molar-refractivity contribution in [2.24, 2.45) is 0 Å². The monoisotopic (exact) mass is 266 g/mol. The van der Waals surface area contributed by atoms with Crippen molar-refractivity contribution < 1.29 is 0 Å². The summed E-state index contributed by atoms with van der Waals surface area (Å²) in [5.74, 6) is 0.325. The van der Waals surface area contributed by atoms with Gasteiger partial charge >= 0.3 is 0 Å². The summed E-state index contributed by atoms with van der Waals surface area (Å²) in [6.45, 7) is 4.15. The van der Waals surface area contributed by atoms with Crippen molar-refractivity contribution in [2.45, 2.75) is 19.8 Å². The van der Waals surface area contributed by atoms with Gasteiger partial charge in [-0.05, 0) is 29.7 Å². The summed E-state index contributed by atoms with van der Waals surface area (Å²) in [6.07, 6.45) is 0. The van der Waals surface area contributed by atoms with E-state index in [0.717, 1.165) is 16.8 Å². The average molecular weight is 267 g/mol. The summed E-state index contributed by atoms with van der Waals surface area (Å²) in [5, 5.41) is 9.17. The largest absolute Gasteiger partial charge is 0.159 e. The van der Waals surface area contributed by atoms with Crippen LogP contribution in [0.25, 0.3) is 11.1 Å². The molecule has 0 N–H and O–H groups in total. The summed E-state index contributed by atoms with van der Waals surface area (Å²) in [6, 6.07) is 9.50. The lowest BCUT2D eigenvalue weighted by molar-refractivity contribution is 0.786. The molecule has 17 heavy (non-hydrogen) atoms. The second kappa shape index (κ2) is 5.03. The highest BCUT2D eigenvalue weighted by molar-refractivity contribution is 6.32. The molecule has 0 aliphatic rings. The lowest BCUT2D eigenvalue weighted by Gasteiger charge is -2.08. The van der Waals surface area contributed by atoms with Crippen molar-refractivity contribution in [2.75, 3.05) is 0 Å². The highest BCUT2D eigenvalue weighted by Crippen LogP contribution is 2.28. The predicted molar refractivity (Wildman–Crippen MR) is 71.6 cm³/mol. The highest BCUT2D eigenvalue weighted by Gasteiger charge is 2.09. The number of aromatic nitrogens is 2. The van der Waals surface area contributed by atoms with Crippen LogP contribution in [-0.2, 0) is 0 Å². The third-order valence-corrected chi connectivity index (χ3v) is 3.05. The van der Waals surface area contributed by atoms with E-state index in [4.69, 9.17) is 23.2 Å². The topological polar surface area (TPSA) is 25.8 Å². The first-order valence-corrected chi connectivity index (χ1v) is 6.12. The smallest absolute Gasteiger partial charge is 0.154 e. The lowest BCUT2D eigenvalue weighted by atomic mass is 10.0. The Hall–Kier alpha value is -1.12. The molecule has 0 fully saturated rings. The van der Waals surface area contributed by atoms with Crippen LogP contribution in [-0.4, -0.2) is 10.2 Å². The zero-order valence-electron chi connectivity index (χ0n) is 9.61. The number of rotatable bonds is 2. The summed E-state index contributed by atoms with van der Waals surface area (Å²) >= 11 is 11.9. The molecule has 1 aromatic carbocycles. The molecule has 1 heterocycles. The van der Waals surface area contributed by atoms with Crippen molar-refractivity contribution in [3.05, 3.63) is 46.2 Å². The molecule has 0 saturated heterocycles. The molecule has 0 radical (unpaired) electrons. The van der Waals surface area contributed by atoms with Crippen LogP contribution in [0.2, 0.25) is 10.2 Å². The van der Waals surface area contributed by atoms with E-state index >= 15 is 0 Å². The summed E-state index contributed by atoms with van der Waals surface area (Å²) < 4.78 is 0. The zero-order chi connectivity index (χ0) is 12.4. The fourth-order valence-corrected chi connectivity index (χ4v) is 1.83. The maximum Gasteiger partial charge on any atom is 0.159 e. The fourth-order valence-electron chi connectivity index (χ4n) is 1.51. The molecular formula is C13H12Cl2N2. The van der Waals surface area contributed by atoms with Gasteiger partial charge in [-0.1, -0.05) is 49.2 Å². The number of benzene rings is 1. The van der Waals surface area contributed by atoms with Gasteiger partial charge in [-0.25, -0.2) is 0 Å². The number of halogens is 2. The molecule has 2 nitrogen and oxygen atoms in total. The highest BCUT2D eigenvalue weighted by atomic mass is 35.5. The summed E-state index contributed by atoms with van der Waals surface area (Å²) in [5.41, 5.74) is 2.82. The van der Waals surface area contributed by atoms with Crippen LogP contribution in [0.1, 0.15) is 25.5 Å². The Morgan fingerprint density at radius 1 is 1.00 bits per heavy atom. The Labute approximate surface area is 111 Å². The normalized spacial score (nSPS) is 10.9. The Kier molecular flexibility index (Phi) is 3.65. The van der Waals surface area contributed by atoms with Crippen molar-refractivity contribution in [1.29, 1.82) is 0 Å². The third-order valence-electron chi connectivity index (χ3n) is 2.51. The molecule has 88 valence electrons. The van der Waals surface area contributed by atoms with Gasteiger partial charge in [0.25, 0.3) is 0 Å². The molecule has 0 amide bonds. The molecular weight excluding hydrogens is 255 g/mol. The van der Waals surface area contributed by atoms with Crippen molar-refractivity contribution in [3.8, 4) is 11.1 Å². The van der Waals surface area contributed by atoms with Crippen molar-refractivity contribution in [1.82, 2.24) is 10.2 Å². The molecule has 2 rings (SSSR count). The van der Waals surface area contributed by atoms with Crippen molar-refractivity contribution >= 4 is 23.2 Å². The van der Waals surface area contributed by atoms with Crippen LogP contribution < -0.4 is 0 Å². The molecule has 1 aromatic heterocycles. The molecule has 0 atom stereocenters. The van der Waals surface area contributed by atoms with Crippen LogP contribution in [0, 0.1) is 0 Å². The molecule has 0 unspecified atom stereocenters. The van der Waals surface area contributed by atoms with E-state index in [9.17, 15) is 0 Å². The zero-order valence-corrected chi connectivity index (χ0v) is 11.1. The van der Waals surface area contributed by atoms with E-state index in [0.29, 0.717) is 16.1 Å². The van der Waals surface area contributed by atoms with E-state index in [-0.39, 0.29) is 0 Å². The Balaban J connectivity index is 2.50. The van der Waals surface area contributed by atoms with Gasteiger partial charge in [0.1, 0.15) is 0 Å². The molecule has 0 aliphatic carbocycles. The Bertz CT molecular complexity index is 521.